The minimum Gasteiger partial charge on any atom is -0.478 e. The third kappa shape index (κ3) is 1.93. The van der Waals surface area contributed by atoms with Crippen molar-refractivity contribution in [3.8, 4) is 0 Å². The molecule has 0 saturated carbocycles. The van der Waals surface area contributed by atoms with Crippen LogP contribution in [0.15, 0.2) is 0 Å². The van der Waals surface area contributed by atoms with E-state index in [2.05, 4.69) is 5.10 Å². The van der Waals surface area contributed by atoms with E-state index < -0.39 is 5.97 Å². The summed E-state index contributed by atoms with van der Waals surface area (Å²) in [5.41, 5.74) is 1.42. The molecule has 0 bridgehead atoms. The van der Waals surface area contributed by atoms with Gasteiger partial charge in [-0.1, -0.05) is 0 Å². The average molecular weight is 198 g/mol. The molecule has 0 saturated heterocycles. The first-order valence-electron chi connectivity index (χ1n) is 4.43. The number of aromatic nitrogens is 2. The van der Waals surface area contributed by atoms with Crippen LogP contribution in [-0.4, -0.2) is 27.5 Å². The Morgan fingerprint density at radius 2 is 2.21 bits per heavy atom. The van der Waals surface area contributed by atoms with Crippen molar-refractivity contribution in [3.63, 3.8) is 0 Å². The van der Waals surface area contributed by atoms with E-state index in [9.17, 15) is 4.79 Å². The van der Waals surface area contributed by atoms with Crippen molar-refractivity contribution in [1.82, 2.24) is 9.78 Å². The summed E-state index contributed by atoms with van der Waals surface area (Å²) in [7, 11) is 0. The van der Waals surface area contributed by atoms with Crippen molar-refractivity contribution in [2.75, 3.05) is 6.61 Å². The van der Waals surface area contributed by atoms with Crippen molar-refractivity contribution in [2.24, 2.45) is 0 Å². The molecule has 0 spiro atoms. The normalized spacial score (nSPS) is 10.5. The topological polar surface area (TPSA) is 64.4 Å². The SMILES string of the molecule is CCOCn1nc(C)c(C(=O)O)c1C. The lowest BCUT2D eigenvalue weighted by Crippen LogP contribution is -2.07. The summed E-state index contributed by atoms with van der Waals surface area (Å²) in [5, 5.41) is 13.0. The van der Waals surface area contributed by atoms with E-state index in [-0.39, 0.29) is 5.56 Å². The van der Waals surface area contributed by atoms with E-state index in [4.69, 9.17) is 9.84 Å². The second kappa shape index (κ2) is 4.23. The molecule has 5 nitrogen and oxygen atoms in total. The summed E-state index contributed by atoms with van der Waals surface area (Å²) in [6, 6.07) is 0. The number of rotatable bonds is 4. The number of carbonyl (C=O) groups is 1. The molecule has 0 aliphatic carbocycles. The van der Waals surface area contributed by atoms with Crippen LogP contribution in [0.4, 0.5) is 0 Å². The molecule has 1 rings (SSSR count). The second-order valence-electron chi connectivity index (χ2n) is 2.97. The van der Waals surface area contributed by atoms with Crippen molar-refractivity contribution in [1.29, 1.82) is 0 Å². The second-order valence-corrected chi connectivity index (χ2v) is 2.97. The van der Waals surface area contributed by atoms with Gasteiger partial charge in [0.25, 0.3) is 0 Å². The Kier molecular flexibility index (Phi) is 3.24. The Morgan fingerprint density at radius 1 is 1.57 bits per heavy atom. The van der Waals surface area contributed by atoms with Gasteiger partial charge in [-0.05, 0) is 20.8 Å². The van der Waals surface area contributed by atoms with Crippen molar-refractivity contribution < 1.29 is 14.6 Å². The molecule has 0 aliphatic heterocycles. The minimum absolute atomic E-state index is 0.268. The van der Waals surface area contributed by atoms with Crippen molar-refractivity contribution >= 4 is 5.97 Å². The summed E-state index contributed by atoms with van der Waals surface area (Å²) in [4.78, 5) is 10.8. The van der Waals surface area contributed by atoms with Crippen LogP contribution in [0.3, 0.4) is 0 Å². The van der Waals surface area contributed by atoms with Crippen LogP contribution in [0.1, 0.15) is 28.7 Å². The predicted molar refractivity (Wildman–Crippen MR) is 50.3 cm³/mol. The van der Waals surface area contributed by atoms with E-state index in [1.165, 1.54) is 0 Å². The average Bonchev–Trinajstić information content (AvgIpc) is 2.38. The van der Waals surface area contributed by atoms with E-state index in [1.807, 2.05) is 6.92 Å². The van der Waals surface area contributed by atoms with Crippen LogP contribution >= 0.6 is 0 Å². The fourth-order valence-electron chi connectivity index (χ4n) is 1.31. The molecule has 0 unspecified atom stereocenters. The molecule has 0 fully saturated rings. The number of hydrogen-bond donors (Lipinski definition) is 1. The number of ether oxygens (including phenoxy) is 1. The van der Waals surface area contributed by atoms with Gasteiger partial charge in [-0.15, -0.1) is 0 Å². The zero-order chi connectivity index (χ0) is 10.7. The van der Waals surface area contributed by atoms with E-state index in [0.29, 0.717) is 24.7 Å². The quantitative estimate of drug-likeness (QED) is 0.789. The van der Waals surface area contributed by atoms with Gasteiger partial charge in [0.05, 0.1) is 11.4 Å². The van der Waals surface area contributed by atoms with Crippen LogP contribution in [-0.2, 0) is 11.5 Å². The number of carboxylic acid groups (broad SMARTS) is 1. The summed E-state index contributed by atoms with van der Waals surface area (Å²) < 4.78 is 6.71. The highest BCUT2D eigenvalue weighted by Gasteiger charge is 2.17. The number of aryl methyl sites for hydroxylation is 1. The largest absolute Gasteiger partial charge is 0.478 e. The molecule has 5 heteroatoms. The standard InChI is InChI=1S/C9H14N2O3/c1-4-14-5-11-7(3)8(9(12)13)6(2)10-11/h4-5H2,1-3H3,(H,12,13). The summed E-state index contributed by atoms with van der Waals surface area (Å²) in [6.07, 6.45) is 0. The Morgan fingerprint density at radius 3 is 2.64 bits per heavy atom. The van der Waals surface area contributed by atoms with Crippen LogP contribution in [0.2, 0.25) is 0 Å². The minimum atomic E-state index is -0.942. The molecule has 78 valence electrons. The molecule has 1 N–H and O–H groups in total. The van der Waals surface area contributed by atoms with Crippen LogP contribution in [0, 0.1) is 13.8 Å². The van der Waals surface area contributed by atoms with Gasteiger partial charge in [0, 0.05) is 6.61 Å². The molecular weight excluding hydrogens is 184 g/mol. The molecule has 1 aromatic rings. The fourth-order valence-corrected chi connectivity index (χ4v) is 1.31. The lowest BCUT2D eigenvalue weighted by atomic mass is 10.2. The van der Waals surface area contributed by atoms with Gasteiger partial charge in [0.1, 0.15) is 12.3 Å². The summed E-state index contributed by atoms with van der Waals surface area (Å²) in [6.45, 7) is 6.17. The number of nitrogens with zero attached hydrogens (tertiary/aromatic N) is 2. The van der Waals surface area contributed by atoms with Gasteiger partial charge in [0.15, 0.2) is 0 Å². The highest BCUT2D eigenvalue weighted by Crippen LogP contribution is 2.12. The third-order valence-electron chi connectivity index (χ3n) is 2.01. The first-order chi connectivity index (χ1) is 6.57. The first kappa shape index (κ1) is 10.7. The molecule has 0 atom stereocenters. The monoisotopic (exact) mass is 198 g/mol. The van der Waals surface area contributed by atoms with Gasteiger partial charge < -0.3 is 9.84 Å². The molecule has 14 heavy (non-hydrogen) atoms. The van der Waals surface area contributed by atoms with Gasteiger partial charge >= 0.3 is 5.97 Å². The molecule has 0 amide bonds. The number of carboxylic acids is 1. The van der Waals surface area contributed by atoms with Crippen LogP contribution < -0.4 is 0 Å². The molecule has 0 radical (unpaired) electrons. The fraction of sp³-hybridized carbons (Fsp3) is 0.556. The van der Waals surface area contributed by atoms with Gasteiger partial charge in [0.2, 0.25) is 0 Å². The summed E-state index contributed by atoms with van der Waals surface area (Å²) >= 11 is 0. The highest BCUT2D eigenvalue weighted by molar-refractivity contribution is 5.90. The molecular formula is C9H14N2O3. The maximum Gasteiger partial charge on any atom is 0.339 e. The van der Waals surface area contributed by atoms with Crippen LogP contribution in [0.25, 0.3) is 0 Å². The van der Waals surface area contributed by atoms with Gasteiger partial charge in [-0.2, -0.15) is 5.10 Å². The van der Waals surface area contributed by atoms with E-state index in [0.717, 1.165) is 0 Å². The lowest BCUT2D eigenvalue weighted by Gasteiger charge is -2.03. The maximum absolute atomic E-state index is 10.8. The van der Waals surface area contributed by atoms with Crippen molar-refractivity contribution in [3.05, 3.63) is 17.0 Å². The Bertz CT molecular complexity index is 344. The van der Waals surface area contributed by atoms with Gasteiger partial charge in [-0.25, -0.2) is 9.48 Å². The number of aromatic carboxylic acids is 1. The smallest absolute Gasteiger partial charge is 0.339 e. The Balaban J connectivity index is 2.98. The molecule has 0 aliphatic rings. The Labute approximate surface area is 82.3 Å². The van der Waals surface area contributed by atoms with Crippen molar-refractivity contribution in [2.45, 2.75) is 27.5 Å². The lowest BCUT2D eigenvalue weighted by molar-refractivity contribution is 0.0690. The Hall–Kier alpha value is -1.36. The molecule has 0 aromatic carbocycles. The molecule has 1 aromatic heterocycles. The third-order valence-corrected chi connectivity index (χ3v) is 2.01. The number of hydrogen-bond acceptors (Lipinski definition) is 3. The van der Waals surface area contributed by atoms with E-state index in [1.54, 1.807) is 18.5 Å². The zero-order valence-corrected chi connectivity index (χ0v) is 8.57. The highest BCUT2D eigenvalue weighted by atomic mass is 16.5. The van der Waals surface area contributed by atoms with Gasteiger partial charge in [-0.3, -0.25) is 0 Å². The maximum atomic E-state index is 10.8. The van der Waals surface area contributed by atoms with Crippen LogP contribution in [0.5, 0.6) is 0 Å². The molecule has 1 heterocycles. The predicted octanol–water partition coefficient (Wildman–Crippen LogP) is 1.19. The zero-order valence-electron chi connectivity index (χ0n) is 8.57. The van der Waals surface area contributed by atoms with E-state index >= 15 is 0 Å². The summed E-state index contributed by atoms with van der Waals surface area (Å²) in [5.74, 6) is -0.942. The first-order valence-corrected chi connectivity index (χ1v) is 4.43.